The molecule has 0 saturated heterocycles. The van der Waals surface area contributed by atoms with Crippen molar-refractivity contribution in [3.8, 4) is 0 Å². The number of carboxylic acid groups (broad SMARTS) is 3. The first-order valence-electron chi connectivity index (χ1n) is 12.8. The van der Waals surface area contributed by atoms with Crippen molar-refractivity contribution in [1.82, 2.24) is 0 Å². The molecule has 0 aromatic heterocycles. The molecular weight excluding hydrogens is 525 g/mol. The normalized spacial score (nSPS) is 8.10. The Balaban J connectivity index is -0.000000127. The molecular formula is C31H42F3O6-3. The highest BCUT2D eigenvalue weighted by molar-refractivity contribution is 5.86. The quantitative estimate of drug-likeness (QED) is 0.393. The van der Waals surface area contributed by atoms with E-state index in [2.05, 4.69) is 0 Å². The number of carbonyl (C=O) groups is 3. The minimum Gasteiger partial charge on any atom is -0.545 e. The molecule has 3 aromatic carbocycles. The Hall–Kier alpha value is -4.14. The fourth-order valence-electron chi connectivity index (χ4n) is 1.72. The van der Waals surface area contributed by atoms with E-state index >= 15 is 0 Å². The van der Waals surface area contributed by atoms with Gasteiger partial charge in [0.15, 0.2) is 0 Å². The minimum atomic E-state index is -4.00. The molecule has 0 N–H and O–H groups in total. The van der Waals surface area contributed by atoms with Crippen molar-refractivity contribution in [2.24, 2.45) is 0 Å². The SMILES string of the molecule is CC.CC.CC.CC.CC(F)(F)F.O=C([O-])c1ccccc1.O=C([O-])c1ccccc1.O=C([O-])c1ccccc1. The average Bonchev–Trinajstić information content (AvgIpc) is 2.98. The summed E-state index contributed by atoms with van der Waals surface area (Å²) in [5.41, 5.74) is 0.660. The van der Waals surface area contributed by atoms with Crippen molar-refractivity contribution in [1.29, 1.82) is 0 Å². The van der Waals surface area contributed by atoms with Gasteiger partial charge in [-0.3, -0.25) is 0 Å². The van der Waals surface area contributed by atoms with E-state index in [-0.39, 0.29) is 23.6 Å². The highest BCUT2D eigenvalue weighted by Crippen LogP contribution is 2.10. The van der Waals surface area contributed by atoms with Gasteiger partial charge in [-0.25, -0.2) is 0 Å². The number of carboxylic acids is 3. The fourth-order valence-corrected chi connectivity index (χ4v) is 1.72. The molecule has 0 aliphatic rings. The second kappa shape index (κ2) is 32.9. The van der Waals surface area contributed by atoms with E-state index in [4.69, 9.17) is 0 Å². The van der Waals surface area contributed by atoms with E-state index in [9.17, 15) is 42.9 Å². The predicted molar refractivity (Wildman–Crippen MR) is 149 cm³/mol. The van der Waals surface area contributed by atoms with Crippen LogP contribution >= 0.6 is 0 Å². The van der Waals surface area contributed by atoms with Crippen LogP contribution in [0, 0.1) is 0 Å². The molecule has 9 heteroatoms. The number of benzene rings is 3. The summed E-state index contributed by atoms with van der Waals surface area (Å²) < 4.78 is 31.1. The number of halogens is 3. The molecule has 0 amide bonds. The van der Waals surface area contributed by atoms with Gasteiger partial charge in [0.25, 0.3) is 0 Å². The maximum Gasteiger partial charge on any atom is 0.386 e. The number of hydrogen-bond donors (Lipinski definition) is 0. The lowest BCUT2D eigenvalue weighted by Crippen LogP contribution is -2.21. The summed E-state index contributed by atoms with van der Waals surface area (Å²) in [6.07, 6.45) is -4.00. The van der Waals surface area contributed by atoms with Crippen LogP contribution in [0.15, 0.2) is 91.0 Å². The molecule has 0 radical (unpaired) electrons. The maximum absolute atomic E-state index is 10.4. The number of carbonyl (C=O) groups excluding carboxylic acids is 3. The molecule has 0 bridgehead atoms. The summed E-state index contributed by atoms with van der Waals surface area (Å²) in [4.78, 5) is 30.3. The van der Waals surface area contributed by atoms with Gasteiger partial charge in [-0.1, -0.05) is 146 Å². The number of rotatable bonds is 3. The van der Waals surface area contributed by atoms with Crippen LogP contribution < -0.4 is 15.3 Å². The van der Waals surface area contributed by atoms with Crippen molar-refractivity contribution >= 4 is 17.9 Å². The summed E-state index contributed by atoms with van der Waals surface area (Å²) >= 11 is 0. The largest absolute Gasteiger partial charge is 0.545 e. The van der Waals surface area contributed by atoms with Crippen LogP contribution in [0.1, 0.15) is 93.4 Å². The van der Waals surface area contributed by atoms with Crippen molar-refractivity contribution in [3.63, 3.8) is 0 Å². The third-order valence-electron chi connectivity index (χ3n) is 3.03. The van der Waals surface area contributed by atoms with E-state index in [1.54, 1.807) is 54.6 Å². The summed E-state index contributed by atoms with van der Waals surface area (Å²) in [6.45, 7) is 16.2. The number of aromatic carboxylic acids is 3. The highest BCUT2D eigenvalue weighted by Gasteiger charge is 2.15. The van der Waals surface area contributed by atoms with E-state index in [1.165, 1.54) is 36.4 Å². The maximum atomic E-state index is 10.4. The fraction of sp³-hybridized carbons (Fsp3) is 0.323. The van der Waals surface area contributed by atoms with Crippen LogP contribution in [0.5, 0.6) is 0 Å². The molecule has 0 aliphatic carbocycles. The summed E-state index contributed by atoms with van der Waals surface area (Å²) in [5.74, 6) is -3.39. The topological polar surface area (TPSA) is 120 Å². The van der Waals surface area contributed by atoms with Gasteiger partial charge in [0.1, 0.15) is 0 Å². The Kier molecular flexibility index (Phi) is 37.6. The van der Waals surface area contributed by atoms with Crippen LogP contribution in [-0.2, 0) is 0 Å². The second-order valence-electron chi connectivity index (χ2n) is 5.74. The van der Waals surface area contributed by atoms with Gasteiger partial charge in [0, 0.05) is 6.92 Å². The lowest BCUT2D eigenvalue weighted by molar-refractivity contribution is -0.256. The zero-order valence-electron chi connectivity index (χ0n) is 24.7. The summed E-state index contributed by atoms with van der Waals surface area (Å²) in [5, 5.41) is 30.3. The Bertz CT molecular complexity index is 823. The van der Waals surface area contributed by atoms with Crippen molar-refractivity contribution in [2.75, 3.05) is 0 Å². The third-order valence-corrected chi connectivity index (χ3v) is 3.03. The van der Waals surface area contributed by atoms with Crippen molar-refractivity contribution in [3.05, 3.63) is 108 Å². The van der Waals surface area contributed by atoms with Crippen LogP contribution in [0.2, 0.25) is 0 Å². The lowest BCUT2D eigenvalue weighted by Gasteiger charge is -1.97. The number of hydrogen-bond acceptors (Lipinski definition) is 6. The van der Waals surface area contributed by atoms with Gasteiger partial charge >= 0.3 is 6.18 Å². The molecule has 40 heavy (non-hydrogen) atoms. The van der Waals surface area contributed by atoms with E-state index in [1.807, 2.05) is 55.4 Å². The van der Waals surface area contributed by atoms with E-state index in [0.29, 0.717) is 0 Å². The van der Waals surface area contributed by atoms with Crippen LogP contribution in [0.3, 0.4) is 0 Å². The van der Waals surface area contributed by atoms with Crippen LogP contribution in [0.25, 0.3) is 0 Å². The lowest BCUT2D eigenvalue weighted by atomic mass is 10.2. The van der Waals surface area contributed by atoms with Crippen LogP contribution in [0.4, 0.5) is 13.2 Å². The zero-order valence-corrected chi connectivity index (χ0v) is 24.7. The molecule has 0 unspecified atom stereocenters. The monoisotopic (exact) mass is 567 g/mol. The summed E-state index contributed by atoms with van der Waals surface area (Å²) in [6, 6.07) is 24.2. The minimum absolute atomic E-state index is 0.188. The first-order chi connectivity index (χ1) is 18.9. The Morgan fingerprint density at radius 3 is 0.650 bits per heavy atom. The summed E-state index contributed by atoms with van der Waals surface area (Å²) in [7, 11) is 0. The van der Waals surface area contributed by atoms with Gasteiger partial charge < -0.3 is 29.7 Å². The molecule has 3 rings (SSSR count). The zero-order chi connectivity index (χ0) is 32.6. The molecule has 0 heterocycles. The Morgan fingerprint density at radius 2 is 0.575 bits per heavy atom. The number of alkyl halides is 3. The molecule has 226 valence electrons. The molecule has 6 nitrogen and oxygen atoms in total. The van der Waals surface area contributed by atoms with Gasteiger partial charge in [-0.15, -0.1) is 0 Å². The molecule has 0 saturated carbocycles. The van der Waals surface area contributed by atoms with Crippen LogP contribution in [-0.4, -0.2) is 24.1 Å². The molecule has 0 aliphatic heterocycles. The smallest absolute Gasteiger partial charge is 0.386 e. The standard InChI is InChI=1S/3C7H6O2.C2H3F3.4C2H6/c3*8-7(9)6-4-2-1-3-5-6;1-2(3,4)5;4*1-2/h3*1-5H,(H,8,9);1H3;4*1-2H3/p-3. The third kappa shape index (κ3) is 36.0. The Labute approximate surface area is 237 Å². The highest BCUT2D eigenvalue weighted by atomic mass is 19.4. The first-order valence-corrected chi connectivity index (χ1v) is 12.8. The van der Waals surface area contributed by atoms with Crippen molar-refractivity contribution in [2.45, 2.75) is 68.5 Å². The second-order valence-corrected chi connectivity index (χ2v) is 5.74. The first kappa shape index (κ1) is 45.8. The van der Waals surface area contributed by atoms with Gasteiger partial charge in [-0.2, -0.15) is 13.2 Å². The molecule has 0 atom stereocenters. The molecule has 0 spiro atoms. The predicted octanol–water partition coefficient (Wildman–Crippen LogP) is 5.82. The van der Waals surface area contributed by atoms with E-state index < -0.39 is 24.1 Å². The Morgan fingerprint density at radius 1 is 0.450 bits per heavy atom. The molecule has 3 aromatic rings. The van der Waals surface area contributed by atoms with Gasteiger partial charge in [-0.05, 0) is 16.7 Å². The van der Waals surface area contributed by atoms with E-state index in [0.717, 1.165) is 0 Å². The van der Waals surface area contributed by atoms with Gasteiger partial charge in [0.05, 0.1) is 17.9 Å². The van der Waals surface area contributed by atoms with Crippen molar-refractivity contribution < 1.29 is 42.9 Å². The molecule has 0 fully saturated rings. The van der Waals surface area contributed by atoms with Gasteiger partial charge in [0.2, 0.25) is 0 Å². The average molecular weight is 568 g/mol.